The Hall–Kier alpha value is -2.70. The van der Waals surface area contributed by atoms with Gasteiger partial charge in [0, 0.05) is 17.5 Å². The van der Waals surface area contributed by atoms with E-state index in [0.29, 0.717) is 0 Å². The minimum absolute atomic E-state index is 0.103. The molecule has 1 aromatic heterocycles. The second-order valence-electron chi connectivity index (χ2n) is 6.59. The van der Waals surface area contributed by atoms with Crippen LogP contribution in [0.1, 0.15) is 43.6 Å². The first-order chi connectivity index (χ1) is 11.9. The number of amides is 1. The highest BCUT2D eigenvalue weighted by molar-refractivity contribution is 6.01. The van der Waals surface area contributed by atoms with Crippen LogP contribution in [0, 0.1) is 0 Å². The van der Waals surface area contributed by atoms with E-state index in [1.54, 1.807) is 29.2 Å². The number of likely N-dealkylation sites (tertiary alicyclic amines) is 1. The first-order valence-electron chi connectivity index (χ1n) is 8.44. The van der Waals surface area contributed by atoms with Gasteiger partial charge in [0.1, 0.15) is 6.54 Å². The van der Waals surface area contributed by atoms with Crippen molar-refractivity contribution in [1.82, 2.24) is 14.7 Å². The summed E-state index contributed by atoms with van der Waals surface area (Å²) in [5, 5.41) is 13.9. The van der Waals surface area contributed by atoms with E-state index in [9.17, 15) is 19.5 Å². The van der Waals surface area contributed by atoms with E-state index < -0.39 is 11.5 Å². The molecule has 0 aliphatic carbocycles. The Morgan fingerprint density at radius 1 is 1.16 bits per heavy atom. The highest BCUT2D eigenvalue weighted by Crippen LogP contribution is 2.23. The minimum Gasteiger partial charge on any atom is -0.476 e. The van der Waals surface area contributed by atoms with Crippen molar-refractivity contribution in [2.45, 2.75) is 51.7 Å². The fourth-order valence-corrected chi connectivity index (χ4v) is 3.62. The molecule has 1 aromatic carbocycles. The molecule has 1 aliphatic rings. The number of carboxylic acids is 1. The third-order valence-corrected chi connectivity index (χ3v) is 4.84. The van der Waals surface area contributed by atoms with Crippen molar-refractivity contribution in [2.24, 2.45) is 0 Å². The molecule has 25 heavy (non-hydrogen) atoms. The standard InChI is InChI=1S/C18H21N3O4/c1-11-6-5-7-12(2)21(11)15(22)10-20-17(23)14-9-4-3-8-13(14)16(19-20)18(24)25/h3-4,8-9,11-12H,5-7,10H2,1-2H3,(H,24,25)/t11-,12+. The number of carboxylic acid groups (broad SMARTS) is 1. The van der Waals surface area contributed by atoms with Crippen molar-refractivity contribution in [3.63, 3.8) is 0 Å². The van der Waals surface area contributed by atoms with E-state index in [1.165, 1.54) is 0 Å². The first kappa shape index (κ1) is 17.1. The summed E-state index contributed by atoms with van der Waals surface area (Å²) in [4.78, 5) is 38.6. The molecule has 0 bridgehead atoms. The molecule has 0 unspecified atom stereocenters. The lowest BCUT2D eigenvalue weighted by Gasteiger charge is -2.39. The number of carbonyl (C=O) groups excluding carboxylic acids is 1. The van der Waals surface area contributed by atoms with Gasteiger partial charge < -0.3 is 10.0 Å². The summed E-state index contributed by atoms with van der Waals surface area (Å²) in [5.74, 6) is -1.43. The SMILES string of the molecule is C[C@@H]1CCC[C@H](C)N1C(=O)Cn1nc(C(=O)O)c2ccccc2c1=O. The van der Waals surface area contributed by atoms with E-state index in [0.717, 1.165) is 23.9 Å². The Bertz CT molecular complexity index is 880. The number of hydrogen-bond donors (Lipinski definition) is 1. The van der Waals surface area contributed by atoms with E-state index in [1.807, 2.05) is 13.8 Å². The smallest absolute Gasteiger partial charge is 0.357 e. The normalized spacial score (nSPS) is 20.6. The number of benzene rings is 1. The van der Waals surface area contributed by atoms with Crippen LogP contribution in [0.2, 0.25) is 0 Å². The average Bonchev–Trinajstić information content (AvgIpc) is 2.57. The molecule has 2 heterocycles. The molecular weight excluding hydrogens is 322 g/mol. The van der Waals surface area contributed by atoms with Gasteiger partial charge in [-0.3, -0.25) is 9.59 Å². The predicted octanol–water partition coefficient (Wildman–Crippen LogP) is 1.88. The summed E-state index contributed by atoms with van der Waals surface area (Å²) >= 11 is 0. The van der Waals surface area contributed by atoms with Crippen LogP contribution < -0.4 is 5.56 Å². The molecule has 1 amide bonds. The van der Waals surface area contributed by atoms with E-state index in [-0.39, 0.29) is 41.0 Å². The van der Waals surface area contributed by atoms with Crippen LogP contribution in [0.4, 0.5) is 0 Å². The summed E-state index contributed by atoms with van der Waals surface area (Å²) in [7, 11) is 0. The number of aromatic carboxylic acids is 1. The van der Waals surface area contributed by atoms with Crippen molar-refractivity contribution in [3.05, 3.63) is 40.3 Å². The number of fused-ring (bicyclic) bond motifs is 1. The quantitative estimate of drug-likeness (QED) is 0.918. The van der Waals surface area contributed by atoms with Crippen LogP contribution >= 0.6 is 0 Å². The fourth-order valence-electron chi connectivity index (χ4n) is 3.62. The molecule has 7 heteroatoms. The van der Waals surface area contributed by atoms with Crippen LogP contribution in [0.3, 0.4) is 0 Å². The largest absolute Gasteiger partial charge is 0.476 e. The van der Waals surface area contributed by atoms with Crippen LogP contribution in [0.5, 0.6) is 0 Å². The van der Waals surface area contributed by atoms with Gasteiger partial charge in [-0.1, -0.05) is 18.2 Å². The number of hydrogen-bond acceptors (Lipinski definition) is 4. The summed E-state index contributed by atoms with van der Waals surface area (Å²) in [5.41, 5.74) is -0.672. The molecule has 0 saturated carbocycles. The minimum atomic E-state index is -1.22. The third-order valence-electron chi connectivity index (χ3n) is 4.84. The molecule has 2 atom stereocenters. The Balaban J connectivity index is 2.01. The highest BCUT2D eigenvalue weighted by atomic mass is 16.4. The number of carbonyl (C=O) groups is 2. The van der Waals surface area contributed by atoms with Crippen LogP contribution in [0.25, 0.3) is 10.8 Å². The molecule has 1 saturated heterocycles. The molecule has 132 valence electrons. The Morgan fingerprint density at radius 2 is 1.76 bits per heavy atom. The van der Waals surface area contributed by atoms with Gasteiger partial charge in [-0.15, -0.1) is 0 Å². The van der Waals surface area contributed by atoms with Crippen LogP contribution in [0.15, 0.2) is 29.1 Å². The number of piperidine rings is 1. The van der Waals surface area contributed by atoms with Gasteiger partial charge >= 0.3 is 5.97 Å². The number of aromatic nitrogens is 2. The average molecular weight is 343 g/mol. The predicted molar refractivity (Wildman–Crippen MR) is 92.6 cm³/mol. The van der Waals surface area contributed by atoms with Gasteiger partial charge in [0.05, 0.1) is 5.39 Å². The van der Waals surface area contributed by atoms with Gasteiger partial charge in [-0.05, 0) is 39.2 Å². The van der Waals surface area contributed by atoms with Crippen molar-refractivity contribution in [2.75, 3.05) is 0 Å². The fraction of sp³-hybridized carbons (Fsp3) is 0.444. The van der Waals surface area contributed by atoms with Crippen LogP contribution in [-0.4, -0.2) is 43.7 Å². The lowest BCUT2D eigenvalue weighted by Crippen LogP contribution is -2.49. The molecule has 2 aromatic rings. The first-order valence-corrected chi connectivity index (χ1v) is 8.44. The molecule has 1 aliphatic heterocycles. The molecule has 1 fully saturated rings. The maximum Gasteiger partial charge on any atom is 0.357 e. The summed E-state index contributed by atoms with van der Waals surface area (Å²) in [6.45, 7) is 3.73. The topological polar surface area (TPSA) is 92.5 Å². The van der Waals surface area contributed by atoms with Crippen molar-refractivity contribution in [3.8, 4) is 0 Å². The number of nitrogens with zero attached hydrogens (tertiary/aromatic N) is 3. The number of rotatable bonds is 3. The van der Waals surface area contributed by atoms with E-state index in [4.69, 9.17) is 0 Å². The summed E-state index contributed by atoms with van der Waals surface area (Å²) in [6.07, 6.45) is 2.93. The van der Waals surface area contributed by atoms with Gasteiger partial charge in [-0.25, -0.2) is 9.48 Å². The molecule has 0 radical (unpaired) electrons. The second-order valence-corrected chi connectivity index (χ2v) is 6.59. The van der Waals surface area contributed by atoms with Crippen molar-refractivity contribution < 1.29 is 14.7 Å². The van der Waals surface area contributed by atoms with Crippen molar-refractivity contribution >= 4 is 22.6 Å². The lowest BCUT2D eigenvalue weighted by molar-refractivity contribution is -0.138. The van der Waals surface area contributed by atoms with E-state index in [2.05, 4.69) is 5.10 Å². The van der Waals surface area contributed by atoms with Gasteiger partial charge in [-0.2, -0.15) is 5.10 Å². The zero-order chi connectivity index (χ0) is 18.1. The van der Waals surface area contributed by atoms with Crippen LogP contribution in [-0.2, 0) is 11.3 Å². The zero-order valence-corrected chi connectivity index (χ0v) is 14.3. The highest BCUT2D eigenvalue weighted by Gasteiger charge is 2.29. The summed E-state index contributed by atoms with van der Waals surface area (Å²) in [6, 6.07) is 6.63. The maximum atomic E-state index is 12.7. The Morgan fingerprint density at radius 3 is 2.36 bits per heavy atom. The molecule has 7 nitrogen and oxygen atoms in total. The zero-order valence-electron chi connectivity index (χ0n) is 14.3. The van der Waals surface area contributed by atoms with Gasteiger partial charge in [0.15, 0.2) is 5.69 Å². The Kier molecular flexibility index (Phi) is 4.57. The molecular formula is C18H21N3O4. The lowest BCUT2D eigenvalue weighted by atomic mass is 9.97. The third kappa shape index (κ3) is 3.14. The molecule has 0 spiro atoms. The van der Waals surface area contributed by atoms with Crippen molar-refractivity contribution in [1.29, 1.82) is 0 Å². The summed E-state index contributed by atoms with van der Waals surface area (Å²) < 4.78 is 0.974. The van der Waals surface area contributed by atoms with E-state index >= 15 is 0 Å². The molecule has 1 N–H and O–H groups in total. The van der Waals surface area contributed by atoms with Gasteiger partial charge in [0.25, 0.3) is 5.56 Å². The monoisotopic (exact) mass is 343 g/mol. The second kappa shape index (κ2) is 6.66. The molecule has 3 rings (SSSR count). The maximum absolute atomic E-state index is 12.7. The Labute approximate surface area is 144 Å². The van der Waals surface area contributed by atoms with Gasteiger partial charge in [0.2, 0.25) is 5.91 Å².